The number of hydrogen-bond acceptors (Lipinski definition) is 9. The Morgan fingerprint density at radius 3 is 2.70 bits per heavy atom. The van der Waals surface area contributed by atoms with Gasteiger partial charge in [-0.1, -0.05) is 11.1 Å². The van der Waals surface area contributed by atoms with Crippen molar-refractivity contribution < 1.29 is 32.8 Å². The zero-order valence-corrected chi connectivity index (χ0v) is 15.5. The number of nitrogens with zero attached hydrogens (tertiary/aromatic N) is 3. The van der Waals surface area contributed by atoms with Gasteiger partial charge in [-0.05, 0) is 47.4 Å². The number of aromatic amines is 1. The van der Waals surface area contributed by atoms with Crippen LogP contribution in [0.4, 0.5) is 36.4 Å². The van der Waals surface area contributed by atoms with E-state index in [-0.39, 0.29) is 29.6 Å². The maximum atomic E-state index is 12.5. The van der Waals surface area contributed by atoms with E-state index in [1.165, 1.54) is 12.1 Å². The second kappa shape index (κ2) is 9.65. The molecule has 0 bridgehead atoms. The molecule has 0 saturated heterocycles. The van der Waals surface area contributed by atoms with E-state index in [1.54, 1.807) is 31.2 Å². The molecule has 0 amide bonds. The number of hydrogen-bond donors (Lipinski definition) is 2. The number of anilines is 3. The van der Waals surface area contributed by atoms with E-state index in [2.05, 4.69) is 35.5 Å². The third-order valence-electron chi connectivity index (χ3n) is 3.46. The van der Waals surface area contributed by atoms with E-state index in [1.807, 2.05) is 0 Å². The van der Waals surface area contributed by atoms with Crippen LogP contribution in [0.25, 0.3) is 0 Å². The van der Waals surface area contributed by atoms with Crippen molar-refractivity contribution in [3.05, 3.63) is 52.8 Å². The van der Waals surface area contributed by atoms with Gasteiger partial charge in [0.1, 0.15) is 23.8 Å². The van der Waals surface area contributed by atoms with Crippen LogP contribution in [-0.4, -0.2) is 28.2 Å². The Balaban J connectivity index is 0.00000320. The van der Waals surface area contributed by atoms with Crippen molar-refractivity contribution in [2.75, 3.05) is 17.2 Å². The van der Waals surface area contributed by atoms with E-state index in [4.69, 9.17) is 4.42 Å². The molecule has 3 aromatic rings. The molecule has 0 aliphatic heterocycles. The van der Waals surface area contributed by atoms with Crippen LogP contribution in [0, 0.1) is 11.8 Å². The summed E-state index contributed by atoms with van der Waals surface area (Å²) in [5.74, 6) is 1.36. The Hall–Kier alpha value is -3.74. The smallest absolute Gasteiger partial charge is 0.422 e. The summed E-state index contributed by atoms with van der Waals surface area (Å²) in [6, 6.07) is 9.25. The zero-order chi connectivity index (χ0) is 20.9. The van der Waals surface area contributed by atoms with Gasteiger partial charge >= 0.3 is 24.1 Å². The quantitative estimate of drug-likeness (QED) is 0.518. The lowest BCUT2D eigenvalue weighted by Crippen LogP contribution is -2.26. The van der Waals surface area contributed by atoms with Crippen molar-refractivity contribution in [1.29, 1.82) is 0 Å². The number of aromatic nitrogens is 3. The van der Waals surface area contributed by atoms with E-state index in [0.717, 1.165) is 0 Å². The second-order valence-electron chi connectivity index (χ2n) is 5.86. The van der Waals surface area contributed by atoms with Gasteiger partial charge in [-0.2, -0.15) is 13.2 Å². The molecule has 160 valence electrons. The van der Waals surface area contributed by atoms with Crippen molar-refractivity contribution in [2.45, 2.75) is 19.6 Å². The van der Waals surface area contributed by atoms with Crippen molar-refractivity contribution in [3.8, 4) is 6.01 Å². The molecule has 13 heteroatoms. The fourth-order valence-electron chi connectivity index (χ4n) is 2.26. The molecular formula is C17H17F3N6O4. The summed E-state index contributed by atoms with van der Waals surface area (Å²) >= 11 is 0. The maximum Gasteiger partial charge on any atom is 0.422 e. The van der Waals surface area contributed by atoms with Crippen LogP contribution in [0.1, 0.15) is 11.5 Å². The summed E-state index contributed by atoms with van der Waals surface area (Å²) in [5, 5.41) is 8.50. The van der Waals surface area contributed by atoms with Gasteiger partial charge < -0.3 is 19.9 Å². The third-order valence-corrected chi connectivity index (χ3v) is 3.46. The number of nitrogens with one attached hydrogen (secondary N) is 3. The summed E-state index contributed by atoms with van der Waals surface area (Å²) in [6.45, 7) is 0.485. The molecule has 2 aromatic heterocycles. The summed E-state index contributed by atoms with van der Waals surface area (Å²) in [4.78, 5) is 21.2. The van der Waals surface area contributed by atoms with Crippen LogP contribution in [-0.2, 0) is 6.54 Å². The molecule has 0 fully saturated rings. The lowest BCUT2D eigenvalue weighted by molar-refractivity contribution is -0.391. The van der Waals surface area contributed by atoms with Crippen molar-refractivity contribution in [1.82, 2.24) is 9.97 Å². The first-order chi connectivity index (χ1) is 13.8. The van der Waals surface area contributed by atoms with Crippen LogP contribution >= 0.6 is 0 Å². The Morgan fingerprint density at radius 1 is 1.23 bits per heavy atom. The number of benzene rings is 1. The number of H-pyrrole nitrogens is 1. The SMILES string of the molecule is Cc1ccc(CNc2nc(Nc3cccc(N=O)c3)nc(OCC(F)(F)F)[nH+]2)o1.[OH-]. The van der Waals surface area contributed by atoms with E-state index < -0.39 is 18.8 Å². The summed E-state index contributed by atoms with van der Waals surface area (Å²) in [7, 11) is 0. The average Bonchev–Trinajstić information content (AvgIpc) is 3.09. The fraction of sp³-hybridized carbons (Fsp3) is 0.235. The largest absolute Gasteiger partial charge is 0.870 e. The molecule has 0 atom stereocenters. The number of aryl methyl sites for hydroxylation is 1. The van der Waals surface area contributed by atoms with Gasteiger partial charge in [0.25, 0.3) is 0 Å². The highest BCUT2D eigenvalue weighted by Gasteiger charge is 2.30. The number of halogens is 3. The average molecular weight is 426 g/mol. The van der Waals surface area contributed by atoms with Crippen molar-refractivity contribution >= 4 is 23.3 Å². The molecule has 0 radical (unpaired) electrons. The van der Waals surface area contributed by atoms with Crippen LogP contribution in [0.3, 0.4) is 0 Å². The molecular weight excluding hydrogens is 409 g/mol. The highest BCUT2D eigenvalue weighted by Crippen LogP contribution is 2.21. The van der Waals surface area contributed by atoms with Gasteiger partial charge in [-0.15, -0.1) is 4.91 Å². The molecule has 2 heterocycles. The number of furan rings is 1. The first kappa shape index (κ1) is 22.5. The second-order valence-corrected chi connectivity index (χ2v) is 5.86. The van der Waals surface area contributed by atoms with Gasteiger partial charge in [-0.25, -0.2) is 4.98 Å². The number of rotatable bonds is 8. The monoisotopic (exact) mass is 426 g/mol. The van der Waals surface area contributed by atoms with Crippen LogP contribution in [0.2, 0.25) is 0 Å². The van der Waals surface area contributed by atoms with E-state index in [0.29, 0.717) is 17.2 Å². The first-order valence-electron chi connectivity index (χ1n) is 8.31. The topological polar surface area (TPSA) is 146 Å². The molecule has 30 heavy (non-hydrogen) atoms. The predicted molar refractivity (Wildman–Crippen MR) is 98.0 cm³/mol. The molecule has 1 aromatic carbocycles. The molecule has 4 N–H and O–H groups in total. The van der Waals surface area contributed by atoms with E-state index in [9.17, 15) is 18.1 Å². The Kier molecular flexibility index (Phi) is 7.25. The summed E-state index contributed by atoms with van der Waals surface area (Å²) < 4.78 is 47.5. The normalized spacial score (nSPS) is 10.8. The van der Waals surface area contributed by atoms with Crippen LogP contribution < -0.4 is 20.4 Å². The maximum absolute atomic E-state index is 12.5. The van der Waals surface area contributed by atoms with Gasteiger partial charge in [0.05, 0.1) is 0 Å². The van der Waals surface area contributed by atoms with Gasteiger partial charge in [0, 0.05) is 5.69 Å². The van der Waals surface area contributed by atoms with Crippen molar-refractivity contribution in [3.63, 3.8) is 0 Å². The zero-order valence-electron chi connectivity index (χ0n) is 15.5. The van der Waals surface area contributed by atoms with Crippen LogP contribution in [0.5, 0.6) is 6.01 Å². The van der Waals surface area contributed by atoms with Crippen LogP contribution in [0.15, 0.2) is 46.0 Å². The molecule has 0 unspecified atom stereocenters. The number of ether oxygens (including phenoxy) is 1. The van der Waals surface area contributed by atoms with E-state index >= 15 is 0 Å². The van der Waals surface area contributed by atoms with Crippen molar-refractivity contribution in [2.24, 2.45) is 5.18 Å². The lowest BCUT2D eigenvalue weighted by Gasteiger charge is -2.07. The first-order valence-corrected chi connectivity index (χ1v) is 8.31. The van der Waals surface area contributed by atoms with Gasteiger partial charge in [-0.3, -0.25) is 5.32 Å². The minimum atomic E-state index is -4.53. The molecule has 3 rings (SSSR count). The number of alkyl halides is 3. The summed E-state index contributed by atoms with van der Waals surface area (Å²) in [5.41, 5.74) is 0.584. The summed E-state index contributed by atoms with van der Waals surface area (Å²) in [6.07, 6.45) is -4.53. The molecule has 0 aliphatic carbocycles. The third kappa shape index (κ3) is 6.70. The number of nitroso groups, excluding NO2 is 1. The Labute approximate surface area is 167 Å². The minimum Gasteiger partial charge on any atom is -0.870 e. The minimum absolute atomic E-state index is 0. The standard InChI is InChI=1S/C17H15F3N6O3.H2O/c1-10-5-6-13(29-10)8-21-14-23-15(22-11-3-2-4-12(7-11)26-27)25-16(24-14)28-9-17(18,19)20;/h2-7H,8-9H2,1H3,(H2,21,22,23,24,25);1H2. The van der Waals surface area contributed by atoms with Gasteiger partial charge in [0.2, 0.25) is 0 Å². The lowest BCUT2D eigenvalue weighted by atomic mass is 10.3. The van der Waals surface area contributed by atoms with Gasteiger partial charge in [0.15, 0.2) is 6.61 Å². The Bertz CT molecular complexity index is 996. The highest BCUT2D eigenvalue weighted by atomic mass is 19.4. The molecule has 0 saturated carbocycles. The molecule has 0 aliphatic rings. The predicted octanol–water partition coefficient (Wildman–Crippen LogP) is 3.71. The molecule has 0 spiro atoms. The highest BCUT2D eigenvalue weighted by molar-refractivity contribution is 5.59. The Morgan fingerprint density at radius 2 is 2.03 bits per heavy atom. The molecule has 10 nitrogen and oxygen atoms in total. The fourth-order valence-corrected chi connectivity index (χ4v) is 2.26.